The molecule has 1 aromatic carbocycles. The summed E-state index contributed by atoms with van der Waals surface area (Å²) in [6.07, 6.45) is 3.42. The molecule has 106 valence electrons. The van der Waals surface area contributed by atoms with Gasteiger partial charge in [0.25, 0.3) is 0 Å². The van der Waals surface area contributed by atoms with Crippen LogP contribution in [0.25, 0.3) is 0 Å². The van der Waals surface area contributed by atoms with Crippen LogP contribution >= 0.6 is 0 Å². The molecule has 1 aromatic rings. The van der Waals surface area contributed by atoms with Crippen molar-refractivity contribution in [3.63, 3.8) is 0 Å². The summed E-state index contributed by atoms with van der Waals surface area (Å²) in [7, 11) is 0. The van der Waals surface area contributed by atoms with Crippen molar-refractivity contribution in [2.24, 2.45) is 10.7 Å². The molecule has 0 aromatic heterocycles. The molecule has 1 heterocycles. The Morgan fingerprint density at radius 1 is 1.38 bits per heavy atom. The van der Waals surface area contributed by atoms with Crippen molar-refractivity contribution in [2.75, 3.05) is 0 Å². The number of aliphatic imine (C=N–C) groups is 1. The summed E-state index contributed by atoms with van der Waals surface area (Å²) in [5, 5.41) is 17.5. The van der Waals surface area contributed by atoms with Crippen molar-refractivity contribution < 1.29 is 4.74 Å². The Bertz CT molecular complexity index is 702. The molecule has 0 spiro atoms. The first-order valence-corrected chi connectivity index (χ1v) is 6.61. The lowest BCUT2D eigenvalue weighted by Crippen LogP contribution is -2.32. The second kappa shape index (κ2) is 5.68. The predicted molar refractivity (Wildman–Crippen MR) is 79.5 cm³/mol. The molecule has 0 saturated heterocycles. The van der Waals surface area contributed by atoms with Crippen molar-refractivity contribution in [1.82, 2.24) is 0 Å². The lowest BCUT2D eigenvalue weighted by molar-refractivity contribution is 0.0847. The van der Waals surface area contributed by atoms with E-state index in [1.807, 2.05) is 18.2 Å². The van der Waals surface area contributed by atoms with Gasteiger partial charge in [0.05, 0.1) is 0 Å². The SMILES string of the molecule is CC1(C)CCc2cc(C=NC(C#N)=C(N)C#N)ccc2O1. The van der Waals surface area contributed by atoms with Gasteiger partial charge in [0.2, 0.25) is 0 Å². The van der Waals surface area contributed by atoms with Gasteiger partial charge in [-0.3, -0.25) is 0 Å². The highest BCUT2D eigenvalue weighted by Crippen LogP contribution is 2.33. The minimum atomic E-state index is -0.184. The van der Waals surface area contributed by atoms with Crippen molar-refractivity contribution in [1.29, 1.82) is 10.5 Å². The lowest BCUT2D eigenvalue weighted by atomic mass is 9.93. The topological polar surface area (TPSA) is 95.2 Å². The molecule has 5 nitrogen and oxygen atoms in total. The number of benzene rings is 1. The monoisotopic (exact) mass is 280 g/mol. The molecule has 1 aliphatic heterocycles. The summed E-state index contributed by atoms with van der Waals surface area (Å²) in [6.45, 7) is 4.14. The zero-order chi connectivity index (χ0) is 15.5. The molecule has 0 saturated carbocycles. The van der Waals surface area contributed by atoms with Crippen LogP contribution in [0.5, 0.6) is 5.75 Å². The van der Waals surface area contributed by atoms with Crippen LogP contribution in [0.4, 0.5) is 0 Å². The van der Waals surface area contributed by atoms with E-state index in [0.29, 0.717) is 0 Å². The fourth-order valence-electron chi connectivity index (χ4n) is 2.11. The lowest BCUT2D eigenvalue weighted by Gasteiger charge is -2.32. The number of nitriles is 2. The standard InChI is InChI=1S/C16H16N4O/c1-16(2)6-5-12-7-11(3-4-15(12)21-16)10-20-14(9-18)13(19)8-17/h3-4,7,10H,5-6,19H2,1-2H3. The molecule has 2 rings (SSSR count). The largest absolute Gasteiger partial charge is 0.488 e. The summed E-state index contributed by atoms with van der Waals surface area (Å²) >= 11 is 0. The maximum absolute atomic E-state index is 8.88. The molecule has 1 aliphatic rings. The molecule has 0 radical (unpaired) electrons. The van der Waals surface area contributed by atoms with Crippen LogP contribution < -0.4 is 10.5 Å². The molecule has 5 heteroatoms. The van der Waals surface area contributed by atoms with Crippen LogP contribution in [0.3, 0.4) is 0 Å². The van der Waals surface area contributed by atoms with Crippen LogP contribution in [0.15, 0.2) is 34.6 Å². The van der Waals surface area contributed by atoms with Gasteiger partial charge in [0.15, 0.2) is 5.70 Å². The van der Waals surface area contributed by atoms with E-state index in [2.05, 4.69) is 18.8 Å². The fraction of sp³-hybridized carbons (Fsp3) is 0.312. The van der Waals surface area contributed by atoms with Gasteiger partial charge in [-0.15, -0.1) is 0 Å². The Kier molecular flexibility index (Phi) is 3.95. The van der Waals surface area contributed by atoms with E-state index in [9.17, 15) is 0 Å². The quantitative estimate of drug-likeness (QED) is 0.664. The maximum atomic E-state index is 8.88. The molecular weight excluding hydrogens is 264 g/mol. The molecular formula is C16H16N4O. The van der Waals surface area contributed by atoms with Gasteiger partial charge >= 0.3 is 0 Å². The van der Waals surface area contributed by atoms with Crippen LogP contribution in [-0.2, 0) is 6.42 Å². The Hall–Kier alpha value is -2.79. The molecule has 0 aliphatic carbocycles. The van der Waals surface area contributed by atoms with E-state index in [1.54, 1.807) is 12.1 Å². The third-order valence-electron chi connectivity index (χ3n) is 3.29. The zero-order valence-corrected chi connectivity index (χ0v) is 12.1. The third kappa shape index (κ3) is 3.40. The summed E-state index contributed by atoms with van der Waals surface area (Å²) in [6, 6.07) is 9.26. The number of allylic oxidation sites excluding steroid dienone is 2. The predicted octanol–water partition coefficient (Wildman–Crippen LogP) is 2.43. The minimum absolute atomic E-state index is 0.0763. The first-order chi connectivity index (χ1) is 9.95. The summed E-state index contributed by atoms with van der Waals surface area (Å²) in [5.74, 6) is 0.885. The molecule has 0 fully saturated rings. The Morgan fingerprint density at radius 3 is 2.81 bits per heavy atom. The Morgan fingerprint density at radius 2 is 2.14 bits per heavy atom. The summed E-state index contributed by atoms with van der Waals surface area (Å²) in [4.78, 5) is 3.97. The first-order valence-electron chi connectivity index (χ1n) is 6.61. The summed E-state index contributed by atoms with van der Waals surface area (Å²) < 4.78 is 5.91. The fourth-order valence-corrected chi connectivity index (χ4v) is 2.11. The smallest absolute Gasteiger partial charge is 0.174 e. The van der Waals surface area contributed by atoms with Gasteiger partial charge in [0, 0.05) is 6.21 Å². The van der Waals surface area contributed by atoms with Crippen LogP contribution in [-0.4, -0.2) is 11.8 Å². The van der Waals surface area contributed by atoms with Crippen molar-refractivity contribution in [3.8, 4) is 17.9 Å². The maximum Gasteiger partial charge on any atom is 0.174 e. The number of hydrogen-bond donors (Lipinski definition) is 1. The highest BCUT2D eigenvalue weighted by atomic mass is 16.5. The van der Waals surface area contributed by atoms with E-state index >= 15 is 0 Å². The average Bonchev–Trinajstić information content (AvgIpc) is 2.46. The van der Waals surface area contributed by atoms with Crippen molar-refractivity contribution in [2.45, 2.75) is 32.3 Å². The number of nitrogens with two attached hydrogens (primary N) is 1. The summed E-state index contributed by atoms with van der Waals surface area (Å²) in [5.41, 5.74) is 6.96. The average molecular weight is 280 g/mol. The van der Waals surface area contributed by atoms with Crippen LogP contribution in [0, 0.1) is 22.7 Å². The number of ether oxygens (including phenoxy) is 1. The second-order valence-corrected chi connectivity index (χ2v) is 5.47. The number of nitrogens with zero attached hydrogens (tertiary/aromatic N) is 3. The molecule has 0 unspecified atom stereocenters. The van der Waals surface area contributed by atoms with Crippen molar-refractivity contribution >= 4 is 6.21 Å². The number of aryl methyl sites for hydroxylation is 1. The minimum Gasteiger partial charge on any atom is -0.488 e. The molecule has 0 atom stereocenters. The van der Waals surface area contributed by atoms with E-state index in [4.69, 9.17) is 21.0 Å². The van der Waals surface area contributed by atoms with Gasteiger partial charge in [-0.2, -0.15) is 10.5 Å². The Balaban J connectivity index is 2.25. The number of fused-ring (bicyclic) bond motifs is 1. The zero-order valence-electron chi connectivity index (χ0n) is 12.1. The Labute approximate surface area is 124 Å². The van der Waals surface area contributed by atoms with Crippen molar-refractivity contribution in [3.05, 3.63) is 40.7 Å². The van der Waals surface area contributed by atoms with Gasteiger partial charge in [-0.1, -0.05) is 0 Å². The van der Waals surface area contributed by atoms with E-state index in [1.165, 1.54) is 6.21 Å². The number of rotatable bonds is 2. The van der Waals surface area contributed by atoms with E-state index < -0.39 is 0 Å². The highest BCUT2D eigenvalue weighted by molar-refractivity contribution is 5.81. The van der Waals surface area contributed by atoms with Crippen LogP contribution in [0.1, 0.15) is 31.4 Å². The van der Waals surface area contributed by atoms with Gasteiger partial charge in [-0.05, 0) is 56.0 Å². The molecule has 0 amide bonds. The first kappa shape index (κ1) is 14.6. The van der Waals surface area contributed by atoms with Gasteiger partial charge in [0.1, 0.15) is 29.2 Å². The highest BCUT2D eigenvalue weighted by Gasteiger charge is 2.26. The molecule has 21 heavy (non-hydrogen) atoms. The van der Waals surface area contributed by atoms with Gasteiger partial charge < -0.3 is 10.5 Å². The number of hydrogen-bond acceptors (Lipinski definition) is 5. The normalized spacial score (nSPS) is 17.1. The van der Waals surface area contributed by atoms with E-state index in [0.717, 1.165) is 29.7 Å². The van der Waals surface area contributed by atoms with Gasteiger partial charge in [-0.25, -0.2) is 4.99 Å². The second-order valence-electron chi connectivity index (χ2n) is 5.47. The van der Waals surface area contributed by atoms with Crippen LogP contribution in [0.2, 0.25) is 0 Å². The third-order valence-corrected chi connectivity index (χ3v) is 3.29. The molecule has 0 bridgehead atoms. The van der Waals surface area contributed by atoms with E-state index in [-0.39, 0.29) is 17.0 Å². The molecule has 2 N–H and O–H groups in total.